The molecule has 32 heavy (non-hydrogen) atoms. The summed E-state index contributed by atoms with van der Waals surface area (Å²) in [5.41, 5.74) is 4.09. The summed E-state index contributed by atoms with van der Waals surface area (Å²) in [5.74, 6) is 0.825. The number of aromatic nitrogens is 6. The average Bonchev–Trinajstić information content (AvgIpc) is 3.54. The van der Waals surface area contributed by atoms with Crippen molar-refractivity contribution in [3.05, 3.63) is 83.5 Å². The van der Waals surface area contributed by atoms with Crippen LogP contribution in [0, 0.1) is 0 Å². The Labute approximate surface area is 181 Å². The Kier molecular flexibility index (Phi) is 4.04. The predicted molar refractivity (Wildman–Crippen MR) is 121 cm³/mol. The molecule has 4 heterocycles. The second kappa shape index (κ2) is 7.05. The molecule has 0 unspecified atom stereocenters. The number of aromatic amines is 1. The van der Waals surface area contributed by atoms with Gasteiger partial charge in [0.15, 0.2) is 11.4 Å². The maximum Gasteiger partial charge on any atom is 0.279 e. The molecule has 8 nitrogen and oxygen atoms in total. The molecule has 0 aliphatic rings. The van der Waals surface area contributed by atoms with Crippen LogP contribution >= 0.6 is 0 Å². The lowest BCUT2D eigenvalue weighted by Crippen LogP contribution is -2.02. The van der Waals surface area contributed by atoms with Crippen LogP contribution < -0.4 is 5.56 Å². The minimum Gasteiger partial charge on any atom is -0.436 e. The van der Waals surface area contributed by atoms with Crippen LogP contribution in [-0.2, 0) is 6.54 Å². The SMILES string of the molecule is CCn1ncc2cc(-c3ccn4[nH]c(=O)c(-c5ncc(-c6ccccc6)o5)c4n3)ccc21. The van der Waals surface area contributed by atoms with Crippen LogP contribution in [0.5, 0.6) is 0 Å². The number of nitrogens with zero attached hydrogens (tertiary/aromatic N) is 5. The van der Waals surface area contributed by atoms with Crippen molar-refractivity contribution in [1.82, 2.24) is 29.4 Å². The highest BCUT2D eigenvalue weighted by atomic mass is 16.4. The molecule has 6 aromatic rings. The molecule has 4 aromatic heterocycles. The van der Waals surface area contributed by atoms with Gasteiger partial charge in [-0.1, -0.05) is 36.4 Å². The maximum absolute atomic E-state index is 12.7. The fourth-order valence-electron chi connectivity index (χ4n) is 3.93. The fraction of sp³-hybridized carbons (Fsp3) is 0.0833. The Morgan fingerprint density at radius 2 is 1.91 bits per heavy atom. The minimum absolute atomic E-state index is 0.233. The summed E-state index contributed by atoms with van der Waals surface area (Å²) >= 11 is 0. The van der Waals surface area contributed by atoms with Crippen molar-refractivity contribution in [2.75, 3.05) is 0 Å². The summed E-state index contributed by atoms with van der Waals surface area (Å²) in [4.78, 5) is 21.8. The van der Waals surface area contributed by atoms with Crippen LogP contribution in [0.25, 0.3) is 50.6 Å². The number of oxazole rings is 1. The molecule has 0 amide bonds. The average molecular weight is 422 g/mol. The summed E-state index contributed by atoms with van der Waals surface area (Å²) in [6.45, 7) is 2.87. The van der Waals surface area contributed by atoms with E-state index in [4.69, 9.17) is 9.40 Å². The second-order valence-corrected chi connectivity index (χ2v) is 7.45. The third kappa shape index (κ3) is 2.84. The van der Waals surface area contributed by atoms with E-state index in [1.54, 1.807) is 16.9 Å². The van der Waals surface area contributed by atoms with Crippen molar-refractivity contribution in [2.45, 2.75) is 13.5 Å². The van der Waals surface area contributed by atoms with E-state index in [0.29, 0.717) is 17.0 Å². The number of hydrogen-bond acceptors (Lipinski definition) is 5. The van der Waals surface area contributed by atoms with E-state index in [0.717, 1.165) is 34.3 Å². The van der Waals surface area contributed by atoms with Crippen LogP contribution in [0.2, 0.25) is 0 Å². The van der Waals surface area contributed by atoms with E-state index < -0.39 is 0 Å². The summed E-state index contributed by atoms with van der Waals surface area (Å²) in [7, 11) is 0. The largest absolute Gasteiger partial charge is 0.436 e. The molecule has 1 N–H and O–H groups in total. The van der Waals surface area contributed by atoms with Crippen molar-refractivity contribution in [1.29, 1.82) is 0 Å². The van der Waals surface area contributed by atoms with Gasteiger partial charge in [0.1, 0.15) is 5.56 Å². The first-order chi connectivity index (χ1) is 15.7. The quantitative estimate of drug-likeness (QED) is 0.455. The summed E-state index contributed by atoms with van der Waals surface area (Å²) in [6, 6.07) is 17.6. The third-order valence-electron chi connectivity index (χ3n) is 5.52. The standard InChI is InChI=1S/C24H18N6O2/c1-2-29-19-9-8-16(12-17(19)13-26-29)18-10-11-30-22(27-18)21(23(31)28-30)24-25-14-20(32-24)15-6-4-3-5-7-15/h3-14H,2H2,1H3,(H,28,31). The van der Waals surface area contributed by atoms with Crippen LogP contribution in [0.15, 0.2) is 82.4 Å². The molecule has 0 aliphatic carbocycles. The van der Waals surface area contributed by atoms with Gasteiger partial charge in [-0.3, -0.25) is 14.6 Å². The predicted octanol–water partition coefficient (Wildman–Crippen LogP) is 4.38. The molecular formula is C24H18N6O2. The summed E-state index contributed by atoms with van der Waals surface area (Å²) < 4.78 is 9.46. The number of benzene rings is 2. The van der Waals surface area contributed by atoms with Crippen molar-refractivity contribution in [2.24, 2.45) is 0 Å². The smallest absolute Gasteiger partial charge is 0.279 e. The number of rotatable bonds is 4. The van der Waals surface area contributed by atoms with E-state index in [9.17, 15) is 4.79 Å². The van der Waals surface area contributed by atoms with Crippen LogP contribution in [0.4, 0.5) is 0 Å². The van der Waals surface area contributed by atoms with E-state index in [-0.39, 0.29) is 11.4 Å². The van der Waals surface area contributed by atoms with Gasteiger partial charge < -0.3 is 4.42 Å². The van der Waals surface area contributed by atoms with Gasteiger partial charge in [-0.05, 0) is 25.1 Å². The molecule has 0 aliphatic heterocycles. The van der Waals surface area contributed by atoms with Crippen molar-refractivity contribution in [3.63, 3.8) is 0 Å². The van der Waals surface area contributed by atoms with E-state index in [2.05, 4.69) is 28.2 Å². The summed E-state index contributed by atoms with van der Waals surface area (Å²) in [6.07, 6.45) is 5.25. The number of aryl methyl sites for hydroxylation is 1. The highest BCUT2D eigenvalue weighted by molar-refractivity contribution is 5.84. The van der Waals surface area contributed by atoms with Crippen molar-refractivity contribution >= 4 is 16.6 Å². The van der Waals surface area contributed by atoms with Gasteiger partial charge in [-0.15, -0.1) is 0 Å². The number of H-pyrrole nitrogens is 1. The molecule has 0 atom stereocenters. The molecule has 0 saturated heterocycles. The molecule has 0 fully saturated rings. The monoisotopic (exact) mass is 422 g/mol. The lowest BCUT2D eigenvalue weighted by molar-refractivity contribution is 0.589. The minimum atomic E-state index is -0.309. The highest BCUT2D eigenvalue weighted by Crippen LogP contribution is 2.28. The second-order valence-electron chi connectivity index (χ2n) is 7.45. The lowest BCUT2D eigenvalue weighted by atomic mass is 10.1. The molecule has 156 valence electrons. The van der Waals surface area contributed by atoms with Crippen molar-refractivity contribution in [3.8, 4) is 34.0 Å². The maximum atomic E-state index is 12.7. The molecule has 0 radical (unpaired) electrons. The number of fused-ring (bicyclic) bond motifs is 2. The molecule has 0 saturated carbocycles. The van der Waals surface area contributed by atoms with Crippen LogP contribution in [-0.4, -0.2) is 29.4 Å². The topological polar surface area (TPSA) is 94.0 Å². The van der Waals surface area contributed by atoms with Crippen LogP contribution in [0.3, 0.4) is 0 Å². The first kappa shape index (κ1) is 18.3. The van der Waals surface area contributed by atoms with Gasteiger partial charge in [0.05, 0.1) is 23.6 Å². The molecule has 8 heteroatoms. The van der Waals surface area contributed by atoms with Crippen molar-refractivity contribution < 1.29 is 4.42 Å². The van der Waals surface area contributed by atoms with Gasteiger partial charge in [0.25, 0.3) is 5.56 Å². The molecule has 6 rings (SSSR count). The van der Waals surface area contributed by atoms with Gasteiger partial charge in [0, 0.05) is 29.3 Å². The van der Waals surface area contributed by atoms with E-state index in [1.807, 2.05) is 59.4 Å². The molecule has 2 aromatic carbocycles. The van der Waals surface area contributed by atoms with Gasteiger partial charge in [0.2, 0.25) is 5.89 Å². The van der Waals surface area contributed by atoms with E-state index >= 15 is 0 Å². The molecule has 0 bridgehead atoms. The molecule has 0 spiro atoms. The van der Waals surface area contributed by atoms with Crippen LogP contribution in [0.1, 0.15) is 6.92 Å². The highest BCUT2D eigenvalue weighted by Gasteiger charge is 2.19. The van der Waals surface area contributed by atoms with Gasteiger partial charge in [-0.25, -0.2) is 14.5 Å². The lowest BCUT2D eigenvalue weighted by Gasteiger charge is -2.04. The number of nitrogens with one attached hydrogen (secondary N) is 1. The van der Waals surface area contributed by atoms with Gasteiger partial charge in [-0.2, -0.15) is 5.10 Å². The van der Waals surface area contributed by atoms with Gasteiger partial charge >= 0.3 is 0 Å². The Balaban J connectivity index is 1.47. The zero-order valence-corrected chi connectivity index (χ0v) is 17.2. The normalized spacial score (nSPS) is 11.5. The summed E-state index contributed by atoms with van der Waals surface area (Å²) in [5, 5.41) is 8.23. The Bertz CT molecular complexity index is 1640. The number of hydrogen-bond donors (Lipinski definition) is 1. The first-order valence-electron chi connectivity index (χ1n) is 10.3. The Hall–Kier alpha value is -4.46. The Morgan fingerprint density at radius 1 is 1.03 bits per heavy atom. The fourth-order valence-corrected chi connectivity index (χ4v) is 3.93. The van der Waals surface area contributed by atoms with E-state index in [1.165, 1.54) is 0 Å². The first-order valence-corrected chi connectivity index (χ1v) is 10.3. The third-order valence-corrected chi connectivity index (χ3v) is 5.52. The Morgan fingerprint density at radius 3 is 2.75 bits per heavy atom. The zero-order valence-electron chi connectivity index (χ0n) is 17.2. The molecular weight excluding hydrogens is 404 g/mol. The zero-order chi connectivity index (χ0) is 21.7.